The van der Waals surface area contributed by atoms with E-state index >= 15 is 0 Å². The molecule has 7 heteroatoms. The Morgan fingerprint density at radius 1 is 1.17 bits per heavy atom. The van der Waals surface area contributed by atoms with Crippen LogP contribution in [-0.4, -0.2) is 40.5 Å². The number of rotatable bonds is 9. The van der Waals surface area contributed by atoms with Crippen molar-refractivity contribution in [2.45, 2.75) is 38.5 Å². The monoisotopic (exact) mass is 425 g/mol. The molecule has 1 amide bonds. The molecule has 1 N–H and O–H groups in total. The Labute approximate surface area is 180 Å². The Hall–Kier alpha value is -2.64. The molecule has 0 saturated carbocycles. The molecular weight excluding hydrogens is 398 g/mol. The third-order valence-electron chi connectivity index (χ3n) is 4.53. The summed E-state index contributed by atoms with van der Waals surface area (Å²) < 4.78 is 7.08. The van der Waals surface area contributed by atoms with Gasteiger partial charge in [0, 0.05) is 13.2 Å². The van der Waals surface area contributed by atoms with Crippen molar-refractivity contribution in [2.75, 3.05) is 18.9 Å². The molecule has 0 aliphatic rings. The molecule has 0 bridgehead atoms. The fourth-order valence-corrected chi connectivity index (χ4v) is 3.87. The molecule has 6 nitrogen and oxygen atoms in total. The first-order chi connectivity index (χ1) is 14.5. The fourth-order valence-electron chi connectivity index (χ4n) is 3.04. The number of fused-ring (bicyclic) bond motifs is 1. The van der Waals surface area contributed by atoms with E-state index < -0.39 is 0 Å². The maximum atomic E-state index is 13.2. The van der Waals surface area contributed by atoms with Gasteiger partial charge in [0.05, 0.1) is 28.4 Å². The number of amides is 1. The predicted molar refractivity (Wildman–Crippen MR) is 122 cm³/mol. The van der Waals surface area contributed by atoms with Gasteiger partial charge in [-0.25, -0.2) is 4.98 Å². The van der Waals surface area contributed by atoms with Crippen molar-refractivity contribution in [1.82, 2.24) is 14.9 Å². The van der Waals surface area contributed by atoms with Gasteiger partial charge in [-0.15, -0.1) is 0 Å². The van der Waals surface area contributed by atoms with Crippen LogP contribution in [0.1, 0.15) is 25.8 Å². The molecule has 1 heterocycles. The van der Waals surface area contributed by atoms with Gasteiger partial charge in [0.25, 0.3) is 5.56 Å². The van der Waals surface area contributed by atoms with Crippen LogP contribution in [0.2, 0.25) is 0 Å². The summed E-state index contributed by atoms with van der Waals surface area (Å²) in [7, 11) is 0. The van der Waals surface area contributed by atoms with Gasteiger partial charge in [-0.1, -0.05) is 42.1 Å². The summed E-state index contributed by atoms with van der Waals surface area (Å²) in [6.45, 7) is 7.10. The Balaban J connectivity index is 1.79. The summed E-state index contributed by atoms with van der Waals surface area (Å²) in [5, 5.41) is 3.96. The van der Waals surface area contributed by atoms with Gasteiger partial charge in [0.1, 0.15) is 0 Å². The number of nitrogens with one attached hydrogen (secondary N) is 1. The highest BCUT2D eigenvalue weighted by molar-refractivity contribution is 7.99. The molecule has 3 aromatic rings. The Bertz CT molecular complexity index is 1080. The number of hydrogen-bond acceptors (Lipinski definition) is 5. The molecule has 0 spiro atoms. The second-order valence-electron chi connectivity index (χ2n) is 7.25. The third-order valence-corrected chi connectivity index (χ3v) is 5.47. The molecule has 1 aromatic heterocycles. The molecule has 158 valence electrons. The minimum absolute atomic E-state index is 0.0942. The van der Waals surface area contributed by atoms with E-state index in [-0.39, 0.29) is 23.3 Å². The Morgan fingerprint density at radius 2 is 1.90 bits per heavy atom. The minimum Gasteiger partial charge on any atom is -0.379 e. The number of aryl methyl sites for hydroxylation is 1. The van der Waals surface area contributed by atoms with Crippen LogP contribution < -0.4 is 10.9 Å². The number of aromatic nitrogens is 2. The lowest BCUT2D eigenvalue weighted by atomic mass is 10.2. The number of para-hydroxylation sites is 2. The van der Waals surface area contributed by atoms with Crippen molar-refractivity contribution in [3.63, 3.8) is 0 Å². The van der Waals surface area contributed by atoms with Crippen LogP contribution in [0.3, 0.4) is 0 Å². The van der Waals surface area contributed by atoms with Crippen molar-refractivity contribution in [3.8, 4) is 5.69 Å². The van der Waals surface area contributed by atoms with Crippen LogP contribution in [0, 0.1) is 6.92 Å². The normalized spacial score (nSPS) is 11.2. The summed E-state index contributed by atoms with van der Waals surface area (Å²) in [6, 6.07) is 15.0. The molecule has 0 fully saturated rings. The SMILES string of the molecule is Cc1ccccc1-n1c(SCC(=O)NCCCOC(C)C)nc2ccccc2c1=O. The quantitative estimate of drug-likeness (QED) is 0.321. The zero-order chi connectivity index (χ0) is 21.5. The van der Waals surface area contributed by atoms with Crippen molar-refractivity contribution in [1.29, 1.82) is 0 Å². The highest BCUT2D eigenvalue weighted by Crippen LogP contribution is 2.22. The topological polar surface area (TPSA) is 73.2 Å². The van der Waals surface area contributed by atoms with Gasteiger partial charge in [-0.2, -0.15) is 0 Å². The molecular formula is C23H27N3O3S. The van der Waals surface area contributed by atoms with Crippen LogP contribution in [0.25, 0.3) is 16.6 Å². The Kier molecular flexibility index (Phi) is 7.65. The van der Waals surface area contributed by atoms with Crippen LogP contribution in [0.5, 0.6) is 0 Å². The number of carbonyl (C=O) groups excluding carboxylic acids is 1. The molecule has 2 aromatic carbocycles. The molecule has 0 unspecified atom stereocenters. The highest BCUT2D eigenvalue weighted by atomic mass is 32.2. The van der Waals surface area contributed by atoms with Gasteiger partial charge in [0.2, 0.25) is 5.91 Å². The number of thioether (sulfide) groups is 1. The third kappa shape index (κ3) is 5.49. The first-order valence-corrected chi connectivity index (χ1v) is 11.0. The van der Waals surface area contributed by atoms with Crippen LogP contribution in [0.4, 0.5) is 0 Å². The standard InChI is InChI=1S/C23H27N3O3S/c1-16(2)29-14-8-13-24-21(27)15-30-23-25-19-11-6-5-10-18(19)22(28)26(23)20-12-7-4-9-17(20)3/h4-7,9-12,16H,8,13-15H2,1-3H3,(H,24,27). The van der Waals surface area contributed by atoms with Crippen molar-refractivity contribution in [3.05, 3.63) is 64.4 Å². The summed E-state index contributed by atoms with van der Waals surface area (Å²) in [5.41, 5.74) is 2.23. The van der Waals surface area contributed by atoms with Crippen molar-refractivity contribution in [2.24, 2.45) is 0 Å². The number of hydrogen-bond donors (Lipinski definition) is 1. The molecule has 0 radical (unpaired) electrons. The largest absolute Gasteiger partial charge is 0.379 e. The molecule has 30 heavy (non-hydrogen) atoms. The van der Waals surface area contributed by atoms with E-state index in [1.165, 1.54) is 11.8 Å². The van der Waals surface area contributed by atoms with E-state index in [9.17, 15) is 9.59 Å². The highest BCUT2D eigenvalue weighted by Gasteiger charge is 2.15. The number of benzene rings is 2. The smallest absolute Gasteiger partial charge is 0.266 e. The lowest BCUT2D eigenvalue weighted by Gasteiger charge is -2.15. The molecule has 0 aliphatic carbocycles. The first kappa shape index (κ1) is 22.1. The van der Waals surface area contributed by atoms with Crippen LogP contribution in [0.15, 0.2) is 58.5 Å². The maximum Gasteiger partial charge on any atom is 0.266 e. The number of ether oxygens (including phenoxy) is 1. The number of carbonyl (C=O) groups is 1. The average Bonchev–Trinajstić information content (AvgIpc) is 2.73. The second kappa shape index (κ2) is 10.4. The van der Waals surface area contributed by atoms with Gasteiger partial charge in [0.15, 0.2) is 5.16 Å². The summed E-state index contributed by atoms with van der Waals surface area (Å²) in [6.07, 6.45) is 0.949. The number of nitrogens with zero attached hydrogens (tertiary/aromatic N) is 2. The van der Waals surface area contributed by atoms with Crippen LogP contribution in [-0.2, 0) is 9.53 Å². The molecule has 0 aliphatic heterocycles. The van der Waals surface area contributed by atoms with Crippen molar-refractivity contribution >= 4 is 28.6 Å². The average molecular weight is 426 g/mol. The van der Waals surface area contributed by atoms with E-state index in [4.69, 9.17) is 4.74 Å². The van der Waals surface area contributed by atoms with E-state index in [1.807, 2.05) is 63.2 Å². The fraction of sp³-hybridized carbons (Fsp3) is 0.348. The minimum atomic E-state index is -0.136. The van der Waals surface area contributed by atoms with E-state index in [0.717, 1.165) is 17.7 Å². The molecule has 0 atom stereocenters. The van der Waals surface area contributed by atoms with E-state index in [2.05, 4.69) is 10.3 Å². The van der Waals surface area contributed by atoms with Gasteiger partial charge < -0.3 is 10.1 Å². The predicted octanol–water partition coefficient (Wildman–Crippen LogP) is 3.72. The lowest BCUT2D eigenvalue weighted by molar-refractivity contribution is -0.118. The summed E-state index contributed by atoms with van der Waals surface area (Å²) in [4.78, 5) is 30.2. The lowest BCUT2D eigenvalue weighted by Crippen LogP contribution is -2.28. The van der Waals surface area contributed by atoms with Crippen molar-refractivity contribution < 1.29 is 9.53 Å². The zero-order valence-corrected chi connectivity index (χ0v) is 18.4. The van der Waals surface area contributed by atoms with Gasteiger partial charge in [-0.3, -0.25) is 14.2 Å². The van der Waals surface area contributed by atoms with Gasteiger partial charge in [-0.05, 0) is 51.0 Å². The second-order valence-corrected chi connectivity index (χ2v) is 8.19. The Morgan fingerprint density at radius 3 is 2.67 bits per heavy atom. The van der Waals surface area contributed by atoms with Gasteiger partial charge >= 0.3 is 0 Å². The zero-order valence-electron chi connectivity index (χ0n) is 17.6. The first-order valence-electron chi connectivity index (χ1n) is 10.1. The molecule has 0 saturated heterocycles. The summed E-state index contributed by atoms with van der Waals surface area (Å²) in [5.74, 6) is 0.0881. The van der Waals surface area contributed by atoms with E-state index in [1.54, 1.807) is 10.6 Å². The van der Waals surface area contributed by atoms with E-state index in [0.29, 0.717) is 29.2 Å². The van der Waals surface area contributed by atoms with Crippen LogP contribution >= 0.6 is 11.8 Å². The maximum absolute atomic E-state index is 13.2. The molecule has 3 rings (SSSR count). The summed E-state index contributed by atoms with van der Waals surface area (Å²) >= 11 is 1.26.